The van der Waals surface area contributed by atoms with Crippen LogP contribution in [-0.2, 0) is 4.79 Å². The van der Waals surface area contributed by atoms with E-state index >= 15 is 0 Å². The van der Waals surface area contributed by atoms with Crippen molar-refractivity contribution in [3.05, 3.63) is 24.3 Å². The number of amides is 1. The predicted octanol–water partition coefficient (Wildman–Crippen LogP) is 2.32. The molecule has 1 rings (SSSR count). The van der Waals surface area contributed by atoms with Gasteiger partial charge in [0.1, 0.15) is 0 Å². The highest BCUT2D eigenvalue weighted by molar-refractivity contribution is 5.92. The van der Waals surface area contributed by atoms with Crippen molar-refractivity contribution in [1.29, 1.82) is 0 Å². The van der Waals surface area contributed by atoms with Crippen molar-refractivity contribution in [1.82, 2.24) is 0 Å². The Labute approximate surface area is 84.5 Å². The molecule has 1 aromatic carbocycles. The highest BCUT2D eigenvalue weighted by Gasteiger charge is 2.06. The summed E-state index contributed by atoms with van der Waals surface area (Å²) in [5, 5.41) is 5.86. The SMILES string of the molecule is CNc1cccc(NC(=O)C(C)C)c1. The molecule has 1 amide bonds. The van der Waals surface area contributed by atoms with Crippen LogP contribution in [0.15, 0.2) is 24.3 Å². The molecule has 3 heteroatoms. The molecule has 0 aliphatic heterocycles. The minimum atomic E-state index is 0.00763. The van der Waals surface area contributed by atoms with Gasteiger partial charge in [-0.15, -0.1) is 0 Å². The van der Waals surface area contributed by atoms with Crippen LogP contribution in [0, 0.1) is 5.92 Å². The van der Waals surface area contributed by atoms with Gasteiger partial charge in [-0.3, -0.25) is 4.79 Å². The summed E-state index contributed by atoms with van der Waals surface area (Å²) in [6.45, 7) is 3.74. The molecule has 0 spiro atoms. The maximum atomic E-state index is 11.4. The lowest BCUT2D eigenvalue weighted by Gasteiger charge is -2.08. The van der Waals surface area contributed by atoms with Gasteiger partial charge in [0.2, 0.25) is 5.91 Å². The second-order valence-electron chi connectivity index (χ2n) is 3.47. The van der Waals surface area contributed by atoms with Gasteiger partial charge in [0, 0.05) is 24.3 Å². The molecule has 0 atom stereocenters. The lowest BCUT2D eigenvalue weighted by atomic mass is 10.2. The first-order valence-corrected chi connectivity index (χ1v) is 4.72. The third-order valence-electron chi connectivity index (χ3n) is 1.94. The molecule has 0 aliphatic rings. The molecular formula is C11H16N2O. The molecule has 3 nitrogen and oxygen atoms in total. The van der Waals surface area contributed by atoms with Gasteiger partial charge in [-0.25, -0.2) is 0 Å². The van der Waals surface area contributed by atoms with Gasteiger partial charge < -0.3 is 10.6 Å². The fraction of sp³-hybridized carbons (Fsp3) is 0.364. The number of hydrogen-bond donors (Lipinski definition) is 2. The summed E-state index contributed by atoms with van der Waals surface area (Å²) < 4.78 is 0. The number of benzene rings is 1. The van der Waals surface area contributed by atoms with E-state index in [1.165, 1.54) is 0 Å². The Morgan fingerprint density at radius 2 is 1.93 bits per heavy atom. The molecule has 1 aromatic rings. The smallest absolute Gasteiger partial charge is 0.226 e. The number of anilines is 2. The van der Waals surface area contributed by atoms with Crippen LogP contribution in [0.5, 0.6) is 0 Å². The first kappa shape index (κ1) is 10.6. The van der Waals surface area contributed by atoms with Crippen LogP contribution >= 0.6 is 0 Å². The molecule has 14 heavy (non-hydrogen) atoms. The van der Waals surface area contributed by atoms with Crippen LogP contribution < -0.4 is 10.6 Å². The number of rotatable bonds is 3. The maximum Gasteiger partial charge on any atom is 0.226 e. The second kappa shape index (κ2) is 4.65. The largest absolute Gasteiger partial charge is 0.388 e. The fourth-order valence-electron chi connectivity index (χ4n) is 1.04. The van der Waals surface area contributed by atoms with Crippen molar-refractivity contribution >= 4 is 17.3 Å². The Kier molecular flexibility index (Phi) is 3.51. The minimum absolute atomic E-state index is 0.00763. The van der Waals surface area contributed by atoms with Crippen molar-refractivity contribution in [2.75, 3.05) is 17.7 Å². The molecule has 0 unspecified atom stereocenters. The normalized spacial score (nSPS) is 10.0. The van der Waals surface area contributed by atoms with E-state index < -0.39 is 0 Å². The van der Waals surface area contributed by atoms with E-state index in [2.05, 4.69) is 10.6 Å². The fourth-order valence-corrected chi connectivity index (χ4v) is 1.04. The van der Waals surface area contributed by atoms with Crippen molar-refractivity contribution in [2.24, 2.45) is 5.92 Å². The summed E-state index contributed by atoms with van der Waals surface area (Å²) in [4.78, 5) is 11.4. The van der Waals surface area contributed by atoms with E-state index in [1.54, 1.807) is 0 Å². The lowest BCUT2D eigenvalue weighted by molar-refractivity contribution is -0.118. The molecular weight excluding hydrogens is 176 g/mol. The van der Waals surface area contributed by atoms with Gasteiger partial charge in [-0.2, -0.15) is 0 Å². The molecule has 0 saturated carbocycles. The zero-order valence-corrected chi connectivity index (χ0v) is 8.79. The molecule has 2 N–H and O–H groups in total. The Balaban J connectivity index is 2.72. The summed E-state index contributed by atoms with van der Waals surface area (Å²) >= 11 is 0. The molecule has 0 heterocycles. The summed E-state index contributed by atoms with van der Waals surface area (Å²) in [6, 6.07) is 7.63. The standard InChI is InChI=1S/C11H16N2O/c1-8(2)11(14)13-10-6-4-5-9(7-10)12-3/h4-8,12H,1-3H3,(H,13,14). The van der Waals surface area contributed by atoms with Crippen LogP contribution in [0.25, 0.3) is 0 Å². The third kappa shape index (κ3) is 2.76. The van der Waals surface area contributed by atoms with Crippen LogP contribution in [0.1, 0.15) is 13.8 Å². The molecule has 0 saturated heterocycles. The van der Waals surface area contributed by atoms with Crippen molar-refractivity contribution in [3.8, 4) is 0 Å². The number of nitrogens with one attached hydrogen (secondary N) is 2. The van der Waals surface area contributed by atoms with E-state index in [9.17, 15) is 4.79 Å². The Bertz CT molecular complexity index is 321. The van der Waals surface area contributed by atoms with Crippen LogP contribution in [-0.4, -0.2) is 13.0 Å². The highest BCUT2D eigenvalue weighted by atomic mass is 16.1. The average Bonchev–Trinajstić information content (AvgIpc) is 2.18. The van der Waals surface area contributed by atoms with Gasteiger partial charge >= 0.3 is 0 Å². The summed E-state index contributed by atoms with van der Waals surface area (Å²) in [6.07, 6.45) is 0. The van der Waals surface area contributed by atoms with E-state index in [4.69, 9.17) is 0 Å². The van der Waals surface area contributed by atoms with Crippen molar-refractivity contribution in [3.63, 3.8) is 0 Å². The Morgan fingerprint density at radius 1 is 1.29 bits per heavy atom. The topological polar surface area (TPSA) is 41.1 Å². The van der Waals surface area contributed by atoms with E-state index in [-0.39, 0.29) is 11.8 Å². The molecule has 0 aromatic heterocycles. The van der Waals surface area contributed by atoms with Gasteiger partial charge in [0.25, 0.3) is 0 Å². The van der Waals surface area contributed by atoms with E-state index in [0.29, 0.717) is 0 Å². The first-order chi connectivity index (χ1) is 6.63. The van der Waals surface area contributed by atoms with Crippen molar-refractivity contribution in [2.45, 2.75) is 13.8 Å². The zero-order chi connectivity index (χ0) is 10.6. The average molecular weight is 192 g/mol. The Hall–Kier alpha value is -1.51. The van der Waals surface area contributed by atoms with Gasteiger partial charge in [0.15, 0.2) is 0 Å². The van der Waals surface area contributed by atoms with Gasteiger partial charge in [-0.05, 0) is 18.2 Å². The number of hydrogen-bond acceptors (Lipinski definition) is 2. The predicted molar refractivity (Wildman–Crippen MR) is 59.5 cm³/mol. The summed E-state index contributed by atoms with van der Waals surface area (Å²) in [5.41, 5.74) is 1.82. The third-order valence-corrected chi connectivity index (χ3v) is 1.94. The molecule has 76 valence electrons. The van der Waals surface area contributed by atoms with Gasteiger partial charge in [-0.1, -0.05) is 19.9 Å². The molecule has 0 radical (unpaired) electrons. The molecule has 0 fully saturated rings. The maximum absolute atomic E-state index is 11.4. The van der Waals surface area contributed by atoms with E-state index in [1.807, 2.05) is 45.2 Å². The highest BCUT2D eigenvalue weighted by Crippen LogP contribution is 2.14. The number of carbonyl (C=O) groups excluding carboxylic acids is 1. The molecule has 0 aliphatic carbocycles. The first-order valence-electron chi connectivity index (χ1n) is 4.72. The van der Waals surface area contributed by atoms with Crippen LogP contribution in [0.2, 0.25) is 0 Å². The Morgan fingerprint density at radius 3 is 2.50 bits per heavy atom. The van der Waals surface area contributed by atoms with Gasteiger partial charge in [0.05, 0.1) is 0 Å². The summed E-state index contributed by atoms with van der Waals surface area (Å²) in [5.74, 6) is 0.0477. The van der Waals surface area contributed by atoms with E-state index in [0.717, 1.165) is 11.4 Å². The monoisotopic (exact) mass is 192 g/mol. The summed E-state index contributed by atoms with van der Waals surface area (Å²) in [7, 11) is 1.85. The lowest BCUT2D eigenvalue weighted by Crippen LogP contribution is -2.17. The van der Waals surface area contributed by atoms with Crippen molar-refractivity contribution < 1.29 is 4.79 Å². The number of carbonyl (C=O) groups is 1. The van der Waals surface area contributed by atoms with Crippen LogP contribution in [0.4, 0.5) is 11.4 Å². The second-order valence-corrected chi connectivity index (χ2v) is 3.47. The van der Waals surface area contributed by atoms with Crippen LogP contribution in [0.3, 0.4) is 0 Å². The minimum Gasteiger partial charge on any atom is -0.388 e. The molecule has 0 bridgehead atoms. The zero-order valence-electron chi connectivity index (χ0n) is 8.79. The quantitative estimate of drug-likeness (QED) is 0.771.